The van der Waals surface area contributed by atoms with Crippen LogP contribution in [0.2, 0.25) is 5.02 Å². The van der Waals surface area contributed by atoms with Crippen molar-refractivity contribution in [1.82, 2.24) is 0 Å². The number of benzene rings is 2. The average molecular weight is 444 g/mol. The molecule has 1 aromatic heterocycles. The number of nitrogens with one attached hydrogen (secondary N) is 2. The van der Waals surface area contributed by atoms with E-state index in [4.69, 9.17) is 38.8 Å². The van der Waals surface area contributed by atoms with Crippen molar-refractivity contribution in [2.24, 2.45) is 0 Å². The summed E-state index contributed by atoms with van der Waals surface area (Å²) in [5.74, 6) is 0.770. The Morgan fingerprint density at radius 3 is 2.72 bits per heavy atom. The number of carbonyl (C=O) groups is 1. The maximum absolute atomic E-state index is 11.5. The standard InChI is InChI=1S/C21H15Cl2N3O2S/c22-15-3-1-2-4-16(15)26(11-24)21(25)18-10-12-7-8-28-17-9-13(20(23)27)5-6-14(17)19(12)29-18/h1-6,9-11,24-25H,7-8H2. The summed E-state index contributed by atoms with van der Waals surface area (Å²) in [6.45, 7) is 0.461. The average Bonchev–Trinajstić information content (AvgIpc) is 3.06. The minimum absolute atomic E-state index is 0.168. The quantitative estimate of drug-likeness (QED) is 0.302. The van der Waals surface area contributed by atoms with Gasteiger partial charge in [-0.05, 0) is 53.6 Å². The predicted molar refractivity (Wildman–Crippen MR) is 119 cm³/mol. The van der Waals surface area contributed by atoms with Gasteiger partial charge >= 0.3 is 0 Å². The topological polar surface area (TPSA) is 77.2 Å². The Morgan fingerprint density at radius 1 is 1.21 bits per heavy atom. The number of ether oxygens (including phenoxy) is 1. The molecule has 4 rings (SSSR count). The number of carbonyl (C=O) groups excluding carboxylic acids is 1. The molecular formula is C21H15Cl2N3O2S. The Labute approximate surface area is 181 Å². The molecule has 1 aliphatic rings. The van der Waals surface area contributed by atoms with Gasteiger partial charge in [-0.3, -0.25) is 20.5 Å². The first-order valence-electron chi connectivity index (χ1n) is 8.72. The third kappa shape index (κ3) is 3.67. The summed E-state index contributed by atoms with van der Waals surface area (Å²) < 4.78 is 5.81. The molecule has 0 bridgehead atoms. The van der Waals surface area contributed by atoms with Crippen LogP contribution in [-0.4, -0.2) is 24.0 Å². The summed E-state index contributed by atoms with van der Waals surface area (Å²) in [7, 11) is 0. The van der Waals surface area contributed by atoms with E-state index < -0.39 is 5.24 Å². The summed E-state index contributed by atoms with van der Waals surface area (Å²) in [5.41, 5.74) is 2.88. The molecule has 0 spiro atoms. The zero-order chi connectivity index (χ0) is 20.5. The number of halogens is 2. The second-order valence-electron chi connectivity index (χ2n) is 6.35. The maximum atomic E-state index is 11.5. The number of fused-ring (bicyclic) bond motifs is 3. The number of rotatable bonds is 4. The van der Waals surface area contributed by atoms with Crippen LogP contribution in [0.5, 0.6) is 5.75 Å². The van der Waals surface area contributed by atoms with Gasteiger partial charge in [-0.25, -0.2) is 0 Å². The minimum Gasteiger partial charge on any atom is -0.493 e. The lowest BCUT2D eigenvalue weighted by Crippen LogP contribution is -2.28. The van der Waals surface area contributed by atoms with Crippen molar-refractivity contribution in [2.75, 3.05) is 11.5 Å². The van der Waals surface area contributed by atoms with E-state index in [9.17, 15) is 4.79 Å². The number of anilines is 1. The van der Waals surface area contributed by atoms with Crippen molar-refractivity contribution in [2.45, 2.75) is 6.42 Å². The first-order chi connectivity index (χ1) is 14.0. The highest BCUT2D eigenvalue weighted by Crippen LogP contribution is 2.42. The number of thiophene rings is 1. The fourth-order valence-electron chi connectivity index (χ4n) is 3.20. The second kappa shape index (κ2) is 7.99. The maximum Gasteiger partial charge on any atom is 0.252 e. The zero-order valence-electron chi connectivity index (χ0n) is 15.0. The van der Waals surface area contributed by atoms with E-state index in [1.165, 1.54) is 16.2 Å². The normalized spacial score (nSPS) is 12.2. The van der Waals surface area contributed by atoms with Crippen molar-refractivity contribution < 1.29 is 9.53 Å². The van der Waals surface area contributed by atoms with Crippen molar-refractivity contribution in [3.05, 3.63) is 69.6 Å². The molecular weight excluding hydrogens is 429 g/mol. The molecule has 0 saturated heterocycles. The Bertz CT molecular complexity index is 1140. The van der Waals surface area contributed by atoms with Gasteiger partial charge in [0.1, 0.15) is 11.6 Å². The Hall–Kier alpha value is -2.67. The van der Waals surface area contributed by atoms with Crippen LogP contribution in [0.15, 0.2) is 48.5 Å². The van der Waals surface area contributed by atoms with Gasteiger partial charge in [0, 0.05) is 22.4 Å². The Morgan fingerprint density at radius 2 is 2.00 bits per heavy atom. The minimum atomic E-state index is -0.532. The summed E-state index contributed by atoms with van der Waals surface area (Å²) in [6.07, 6.45) is 1.76. The second-order valence-corrected chi connectivity index (χ2v) is 8.15. The molecule has 0 fully saturated rings. The van der Waals surface area contributed by atoms with Crippen molar-refractivity contribution in [3.8, 4) is 16.2 Å². The summed E-state index contributed by atoms with van der Waals surface area (Å²) in [5, 5.41) is 16.4. The van der Waals surface area contributed by atoms with Crippen molar-refractivity contribution >= 4 is 57.6 Å². The smallest absolute Gasteiger partial charge is 0.252 e. The van der Waals surface area contributed by atoms with E-state index in [1.807, 2.05) is 24.3 Å². The van der Waals surface area contributed by atoms with Crippen LogP contribution in [0.25, 0.3) is 10.4 Å². The van der Waals surface area contributed by atoms with Gasteiger partial charge in [-0.2, -0.15) is 0 Å². The van der Waals surface area contributed by atoms with E-state index in [0.29, 0.717) is 39.9 Å². The largest absolute Gasteiger partial charge is 0.493 e. The van der Waals surface area contributed by atoms with Gasteiger partial charge in [0.25, 0.3) is 5.24 Å². The Balaban J connectivity index is 1.75. The van der Waals surface area contributed by atoms with Gasteiger partial charge in [-0.1, -0.05) is 23.7 Å². The van der Waals surface area contributed by atoms with Gasteiger partial charge in [0.15, 0.2) is 0 Å². The molecule has 29 heavy (non-hydrogen) atoms. The number of hydrogen-bond acceptors (Lipinski definition) is 5. The van der Waals surface area contributed by atoms with Crippen LogP contribution in [0.1, 0.15) is 20.8 Å². The van der Waals surface area contributed by atoms with Crippen LogP contribution in [-0.2, 0) is 6.42 Å². The van der Waals surface area contributed by atoms with E-state index in [2.05, 4.69) is 0 Å². The van der Waals surface area contributed by atoms with Crippen LogP contribution >= 0.6 is 34.5 Å². The molecule has 2 heterocycles. The molecule has 0 unspecified atom stereocenters. The first kappa shape index (κ1) is 19.6. The van der Waals surface area contributed by atoms with Crippen LogP contribution < -0.4 is 9.64 Å². The molecule has 0 atom stereocenters. The van der Waals surface area contributed by atoms with Crippen LogP contribution in [0.3, 0.4) is 0 Å². The van der Waals surface area contributed by atoms with E-state index >= 15 is 0 Å². The lowest BCUT2D eigenvalue weighted by atomic mass is 10.1. The molecule has 0 saturated carbocycles. The lowest BCUT2D eigenvalue weighted by Gasteiger charge is -2.20. The first-order valence-corrected chi connectivity index (χ1v) is 10.3. The molecule has 5 nitrogen and oxygen atoms in total. The van der Waals surface area contributed by atoms with Crippen molar-refractivity contribution in [1.29, 1.82) is 10.8 Å². The zero-order valence-corrected chi connectivity index (χ0v) is 17.4. The summed E-state index contributed by atoms with van der Waals surface area (Å²) in [4.78, 5) is 14.6. The molecule has 2 N–H and O–H groups in total. The fraction of sp³-hybridized carbons (Fsp3) is 0.0952. The predicted octanol–water partition coefficient (Wildman–Crippen LogP) is 5.82. The van der Waals surface area contributed by atoms with E-state index in [-0.39, 0.29) is 5.84 Å². The summed E-state index contributed by atoms with van der Waals surface area (Å²) in [6, 6.07) is 14.2. The molecule has 0 aliphatic carbocycles. The van der Waals surface area contributed by atoms with Gasteiger partial charge in [0.05, 0.1) is 28.5 Å². The highest BCUT2D eigenvalue weighted by Gasteiger charge is 2.23. The van der Waals surface area contributed by atoms with E-state index in [1.54, 1.807) is 24.3 Å². The van der Waals surface area contributed by atoms with E-state index in [0.717, 1.165) is 22.3 Å². The number of nitrogens with zero attached hydrogens (tertiary/aromatic N) is 1. The van der Waals surface area contributed by atoms with Crippen LogP contribution in [0, 0.1) is 10.8 Å². The molecule has 3 aromatic rings. The Kier molecular flexibility index (Phi) is 5.41. The molecule has 146 valence electrons. The highest BCUT2D eigenvalue weighted by atomic mass is 35.5. The third-order valence-corrected chi connectivity index (χ3v) is 6.36. The number of hydrogen-bond donors (Lipinski definition) is 2. The summed E-state index contributed by atoms with van der Waals surface area (Å²) >= 11 is 13.3. The van der Waals surface area contributed by atoms with Gasteiger partial charge < -0.3 is 4.74 Å². The van der Waals surface area contributed by atoms with Crippen LogP contribution in [0.4, 0.5) is 5.69 Å². The molecule has 1 aliphatic heterocycles. The monoisotopic (exact) mass is 443 g/mol. The molecule has 2 aromatic carbocycles. The third-order valence-electron chi connectivity index (χ3n) is 4.61. The van der Waals surface area contributed by atoms with Gasteiger partial charge in [-0.15, -0.1) is 11.3 Å². The van der Waals surface area contributed by atoms with Crippen molar-refractivity contribution in [3.63, 3.8) is 0 Å². The number of para-hydroxylation sites is 1. The number of amidine groups is 1. The lowest BCUT2D eigenvalue weighted by molar-refractivity contribution is 0.108. The highest BCUT2D eigenvalue weighted by molar-refractivity contribution is 7.17. The SMILES string of the molecule is N=CN(C(=N)c1cc2c(s1)-c1ccc(C(=O)Cl)cc1OCC2)c1ccccc1Cl. The molecule has 0 amide bonds. The fourth-order valence-corrected chi connectivity index (χ4v) is 4.73. The molecule has 8 heteroatoms. The molecule has 0 radical (unpaired) electrons. The van der Waals surface area contributed by atoms with Gasteiger partial charge in [0.2, 0.25) is 0 Å².